The summed E-state index contributed by atoms with van der Waals surface area (Å²) in [6, 6.07) is 11.1. The number of nitrogens with zero attached hydrogens (tertiary/aromatic N) is 2. The normalized spacial score (nSPS) is 26.2. The van der Waals surface area contributed by atoms with Crippen LogP contribution in [0.4, 0.5) is 0 Å². The summed E-state index contributed by atoms with van der Waals surface area (Å²) in [4.78, 5) is 17.6. The van der Waals surface area contributed by atoms with Gasteiger partial charge in [-0.15, -0.1) is 0 Å². The third kappa shape index (κ3) is 5.82. The number of carbonyl (C=O) groups is 1. The second-order valence-electron chi connectivity index (χ2n) is 11.0. The van der Waals surface area contributed by atoms with E-state index in [2.05, 4.69) is 74.8 Å². The fourth-order valence-corrected chi connectivity index (χ4v) is 5.58. The maximum absolute atomic E-state index is 12.5. The van der Waals surface area contributed by atoms with Gasteiger partial charge in [0.2, 0.25) is 5.91 Å². The highest BCUT2D eigenvalue weighted by Crippen LogP contribution is 2.43. The summed E-state index contributed by atoms with van der Waals surface area (Å²) >= 11 is 0. The Morgan fingerprint density at radius 2 is 1.86 bits per heavy atom. The quantitative estimate of drug-likeness (QED) is 0.714. The lowest BCUT2D eigenvalue weighted by atomic mass is 9.89. The lowest BCUT2D eigenvalue weighted by molar-refractivity contribution is -0.126. The average Bonchev–Trinajstić information content (AvgIpc) is 3.17. The first-order valence-corrected chi connectivity index (χ1v) is 11.5. The standard InChI is InChI=1S/C25H41N3O/c1-18(2)13-23(24(26)29)28(17-25(3,4)5)22-12-11-20-15-27(16-21(20)22)14-19-9-7-6-8-10-19/h6-10,18,20-23H,11-17H2,1-5H3,(H2,26,29)/t20-,21+,22+,23+/m1/s1. The highest BCUT2D eigenvalue weighted by molar-refractivity contribution is 5.79. The van der Waals surface area contributed by atoms with Crippen LogP contribution < -0.4 is 5.73 Å². The zero-order valence-electron chi connectivity index (χ0n) is 19.1. The van der Waals surface area contributed by atoms with Crippen LogP contribution in [0.2, 0.25) is 0 Å². The van der Waals surface area contributed by atoms with Crippen LogP contribution in [0.25, 0.3) is 0 Å². The fourth-order valence-electron chi connectivity index (χ4n) is 5.58. The number of hydrogen-bond acceptors (Lipinski definition) is 3. The van der Waals surface area contributed by atoms with Crippen molar-refractivity contribution in [3.8, 4) is 0 Å². The van der Waals surface area contributed by atoms with Crippen LogP contribution in [-0.4, -0.2) is 47.4 Å². The van der Waals surface area contributed by atoms with Gasteiger partial charge in [0.1, 0.15) is 0 Å². The largest absolute Gasteiger partial charge is 0.368 e. The molecular weight excluding hydrogens is 358 g/mol. The van der Waals surface area contributed by atoms with Crippen molar-refractivity contribution in [2.45, 2.75) is 72.5 Å². The van der Waals surface area contributed by atoms with Gasteiger partial charge in [-0.1, -0.05) is 65.0 Å². The predicted octanol–water partition coefficient (Wildman–Crippen LogP) is 4.15. The second-order valence-corrected chi connectivity index (χ2v) is 11.0. The summed E-state index contributed by atoms with van der Waals surface area (Å²) in [7, 11) is 0. The lowest BCUT2D eigenvalue weighted by Crippen LogP contribution is -2.54. The molecule has 4 heteroatoms. The summed E-state index contributed by atoms with van der Waals surface area (Å²) in [6.07, 6.45) is 3.33. The molecule has 29 heavy (non-hydrogen) atoms. The second kappa shape index (κ2) is 9.18. The topological polar surface area (TPSA) is 49.6 Å². The molecule has 1 aromatic rings. The predicted molar refractivity (Wildman–Crippen MR) is 120 cm³/mol. The van der Waals surface area contributed by atoms with Crippen molar-refractivity contribution in [3.05, 3.63) is 35.9 Å². The molecule has 1 aliphatic heterocycles. The van der Waals surface area contributed by atoms with E-state index in [1.54, 1.807) is 0 Å². The maximum Gasteiger partial charge on any atom is 0.234 e. The number of nitrogens with two attached hydrogens (primary N) is 1. The van der Waals surface area contributed by atoms with Gasteiger partial charge in [0, 0.05) is 32.2 Å². The minimum absolute atomic E-state index is 0.144. The Balaban J connectivity index is 1.76. The third-order valence-electron chi connectivity index (χ3n) is 6.65. The number of amides is 1. The van der Waals surface area contributed by atoms with E-state index in [1.807, 2.05) is 0 Å². The van der Waals surface area contributed by atoms with E-state index in [1.165, 1.54) is 24.9 Å². The van der Waals surface area contributed by atoms with Crippen LogP contribution in [0.1, 0.15) is 59.4 Å². The van der Waals surface area contributed by atoms with E-state index in [-0.39, 0.29) is 17.4 Å². The molecule has 162 valence electrons. The van der Waals surface area contributed by atoms with E-state index >= 15 is 0 Å². The fraction of sp³-hybridized carbons (Fsp3) is 0.720. The number of rotatable bonds is 8. The molecule has 4 atom stereocenters. The minimum atomic E-state index is -0.152. The molecule has 1 aliphatic carbocycles. The molecule has 1 amide bonds. The summed E-state index contributed by atoms with van der Waals surface area (Å²) in [5.41, 5.74) is 7.49. The van der Waals surface area contributed by atoms with Crippen LogP contribution in [-0.2, 0) is 11.3 Å². The van der Waals surface area contributed by atoms with E-state index < -0.39 is 0 Å². The van der Waals surface area contributed by atoms with Gasteiger partial charge in [0.05, 0.1) is 6.04 Å². The number of benzene rings is 1. The molecule has 1 saturated heterocycles. The highest BCUT2D eigenvalue weighted by atomic mass is 16.1. The van der Waals surface area contributed by atoms with Crippen molar-refractivity contribution in [2.24, 2.45) is 28.9 Å². The molecule has 0 unspecified atom stereocenters. The number of primary amides is 1. The molecule has 1 aromatic carbocycles. The molecule has 0 spiro atoms. The van der Waals surface area contributed by atoms with Gasteiger partial charge in [-0.3, -0.25) is 14.6 Å². The summed E-state index contributed by atoms with van der Waals surface area (Å²) < 4.78 is 0. The first kappa shape index (κ1) is 22.3. The van der Waals surface area contributed by atoms with Crippen molar-refractivity contribution in [3.63, 3.8) is 0 Å². The zero-order valence-corrected chi connectivity index (χ0v) is 19.1. The summed E-state index contributed by atoms with van der Waals surface area (Å²) in [5, 5.41) is 0. The van der Waals surface area contributed by atoms with Gasteiger partial charge < -0.3 is 5.73 Å². The Kier molecular flexibility index (Phi) is 7.06. The lowest BCUT2D eigenvalue weighted by Gasteiger charge is -2.42. The van der Waals surface area contributed by atoms with Gasteiger partial charge >= 0.3 is 0 Å². The smallest absolute Gasteiger partial charge is 0.234 e. The maximum atomic E-state index is 12.5. The molecule has 3 rings (SSSR count). The van der Waals surface area contributed by atoms with E-state index in [4.69, 9.17) is 5.73 Å². The Hall–Kier alpha value is -1.39. The first-order chi connectivity index (χ1) is 13.6. The Morgan fingerprint density at radius 3 is 2.45 bits per heavy atom. The van der Waals surface area contributed by atoms with Crippen molar-refractivity contribution in [2.75, 3.05) is 19.6 Å². The van der Waals surface area contributed by atoms with Crippen LogP contribution in [0.15, 0.2) is 30.3 Å². The van der Waals surface area contributed by atoms with Gasteiger partial charge in [-0.25, -0.2) is 0 Å². The molecule has 0 aromatic heterocycles. The van der Waals surface area contributed by atoms with Crippen molar-refractivity contribution in [1.29, 1.82) is 0 Å². The molecule has 0 bridgehead atoms. The SMILES string of the molecule is CC(C)C[C@@H](C(N)=O)N(CC(C)(C)C)[C@H]1CC[C@@H]2CN(Cc3ccccc3)C[C@@H]21. The van der Waals surface area contributed by atoms with Crippen molar-refractivity contribution < 1.29 is 4.79 Å². The first-order valence-electron chi connectivity index (χ1n) is 11.5. The van der Waals surface area contributed by atoms with E-state index in [0.29, 0.717) is 17.9 Å². The van der Waals surface area contributed by atoms with Crippen LogP contribution in [0, 0.1) is 23.2 Å². The van der Waals surface area contributed by atoms with Gasteiger partial charge in [-0.2, -0.15) is 0 Å². The molecule has 2 aliphatic rings. The third-order valence-corrected chi connectivity index (χ3v) is 6.65. The molecule has 0 radical (unpaired) electrons. The zero-order chi connectivity index (χ0) is 21.2. The molecule has 2 N–H and O–H groups in total. The van der Waals surface area contributed by atoms with Gasteiger partial charge in [0.25, 0.3) is 0 Å². The molecule has 2 fully saturated rings. The molecule has 1 saturated carbocycles. The molecule has 1 heterocycles. The van der Waals surface area contributed by atoms with Crippen LogP contribution in [0.3, 0.4) is 0 Å². The Labute approximate surface area is 177 Å². The summed E-state index contributed by atoms with van der Waals surface area (Å²) in [5.74, 6) is 1.71. The van der Waals surface area contributed by atoms with Gasteiger partial charge in [0.15, 0.2) is 0 Å². The number of likely N-dealkylation sites (tertiary alicyclic amines) is 1. The van der Waals surface area contributed by atoms with E-state index in [0.717, 1.165) is 32.0 Å². The van der Waals surface area contributed by atoms with Crippen LogP contribution >= 0.6 is 0 Å². The average molecular weight is 400 g/mol. The van der Waals surface area contributed by atoms with Crippen molar-refractivity contribution >= 4 is 5.91 Å². The Bertz CT molecular complexity index is 666. The number of hydrogen-bond donors (Lipinski definition) is 1. The van der Waals surface area contributed by atoms with Crippen LogP contribution in [0.5, 0.6) is 0 Å². The Morgan fingerprint density at radius 1 is 1.17 bits per heavy atom. The monoisotopic (exact) mass is 399 g/mol. The minimum Gasteiger partial charge on any atom is -0.368 e. The summed E-state index contributed by atoms with van der Waals surface area (Å²) in [6.45, 7) is 15.5. The van der Waals surface area contributed by atoms with Crippen molar-refractivity contribution in [1.82, 2.24) is 9.80 Å². The number of fused-ring (bicyclic) bond motifs is 1. The highest BCUT2D eigenvalue weighted by Gasteiger charge is 2.47. The van der Waals surface area contributed by atoms with Gasteiger partial charge in [-0.05, 0) is 48.0 Å². The molecular formula is C25H41N3O. The number of carbonyl (C=O) groups excluding carboxylic acids is 1. The molecule has 4 nitrogen and oxygen atoms in total. The van der Waals surface area contributed by atoms with E-state index in [9.17, 15) is 4.79 Å².